The topological polar surface area (TPSA) is 59.9 Å². The van der Waals surface area contributed by atoms with E-state index < -0.39 is 0 Å². The normalized spacial score (nSPS) is 11.0. The van der Waals surface area contributed by atoms with E-state index in [-0.39, 0.29) is 5.91 Å². The van der Waals surface area contributed by atoms with Crippen molar-refractivity contribution in [2.45, 2.75) is 20.3 Å². The molecule has 0 aliphatic heterocycles. The van der Waals surface area contributed by atoms with Crippen molar-refractivity contribution in [3.63, 3.8) is 0 Å². The summed E-state index contributed by atoms with van der Waals surface area (Å²) in [4.78, 5) is 12.8. The van der Waals surface area contributed by atoms with E-state index in [0.29, 0.717) is 30.4 Å². The summed E-state index contributed by atoms with van der Waals surface area (Å²) >= 11 is 1.55. The number of rotatable bonds is 8. The van der Waals surface area contributed by atoms with Crippen molar-refractivity contribution in [1.29, 1.82) is 0 Å². The maximum atomic E-state index is 11.8. The molecule has 0 saturated carbocycles. The Morgan fingerprint density at radius 2 is 2.17 bits per heavy atom. The lowest BCUT2D eigenvalue weighted by Gasteiger charge is -2.12. The van der Waals surface area contributed by atoms with Crippen LogP contribution in [0.5, 0.6) is 11.5 Å². The Morgan fingerprint density at radius 3 is 2.83 bits per heavy atom. The number of carbonyl (C=O) groups is 1. The first-order valence-corrected chi connectivity index (χ1v) is 8.61. The summed E-state index contributed by atoms with van der Waals surface area (Å²) in [5.41, 5.74) is 3.35. The highest BCUT2D eigenvalue weighted by Gasteiger charge is 2.06. The fourth-order valence-corrected chi connectivity index (χ4v) is 2.63. The fraction of sp³-hybridized carbons (Fsp3) is 0.333. The zero-order valence-corrected chi connectivity index (χ0v) is 14.9. The van der Waals surface area contributed by atoms with E-state index in [1.165, 1.54) is 0 Å². The molecule has 0 aliphatic rings. The average molecular weight is 346 g/mol. The predicted molar refractivity (Wildman–Crippen MR) is 97.1 cm³/mol. The van der Waals surface area contributed by atoms with Crippen LogP contribution in [0.1, 0.15) is 24.3 Å². The first kappa shape index (κ1) is 18.0. The number of methoxy groups -OCH3 is 1. The molecule has 0 spiro atoms. The molecule has 0 aliphatic carbocycles. The number of ether oxygens (including phenoxy) is 2. The number of amides is 1. The average Bonchev–Trinajstić information content (AvgIpc) is 3.06. The molecule has 1 N–H and O–H groups in total. The Labute approximate surface area is 146 Å². The third-order valence-electron chi connectivity index (χ3n) is 3.08. The Hall–Kier alpha value is -2.34. The standard InChI is InChI=1S/C18H22N2O3S/c1-13(2)12-23-16-7-6-14(9-17(16)22-3)11-19-20-18(21)10-15-5-4-8-24-15/h4-9,11,13H,10,12H2,1-3H3,(H,20,21)/b19-11-. The lowest BCUT2D eigenvalue weighted by molar-refractivity contribution is -0.120. The van der Waals surface area contributed by atoms with Crippen molar-refractivity contribution in [3.05, 3.63) is 46.2 Å². The smallest absolute Gasteiger partial charge is 0.245 e. The number of hydrazone groups is 1. The van der Waals surface area contributed by atoms with Crippen LogP contribution in [0.4, 0.5) is 0 Å². The number of hydrogen-bond acceptors (Lipinski definition) is 5. The summed E-state index contributed by atoms with van der Waals surface area (Å²) in [5, 5.41) is 5.93. The number of thiophene rings is 1. The second-order valence-corrected chi connectivity index (χ2v) is 6.70. The van der Waals surface area contributed by atoms with Gasteiger partial charge in [0.2, 0.25) is 5.91 Å². The van der Waals surface area contributed by atoms with E-state index in [9.17, 15) is 4.79 Å². The van der Waals surface area contributed by atoms with Crippen molar-refractivity contribution >= 4 is 23.5 Å². The lowest BCUT2D eigenvalue weighted by atomic mass is 10.2. The molecular formula is C18H22N2O3S. The lowest BCUT2D eigenvalue weighted by Crippen LogP contribution is -2.19. The Kier molecular flexibility index (Phi) is 6.81. The minimum atomic E-state index is -0.141. The van der Waals surface area contributed by atoms with Gasteiger partial charge in [0.05, 0.1) is 26.4 Å². The van der Waals surface area contributed by atoms with Gasteiger partial charge in [0.1, 0.15) is 0 Å². The minimum absolute atomic E-state index is 0.141. The fourth-order valence-electron chi connectivity index (χ4n) is 1.93. The quantitative estimate of drug-likeness (QED) is 0.588. The zero-order chi connectivity index (χ0) is 17.4. The largest absolute Gasteiger partial charge is 0.493 e. The molecule has 24 heavy (non-hydrogen) atoms. The molecule has 1 aromatic carbocycles. The molecule has 0 fully saturated rings. The highest BCUT2D eigenvalue weighted by atomic mass is 32.1. The van der Waals surface area contributed by atoms with Gasteiger partial charge in [-0.3, -0.25) is 4.79 Å². The number of nitrogens with zero attached hydrogens (tertiary/aromatic N) is 1. The van der Waals surface area contributed by atoms with Crippen LogP contribution in [0.3, 0.4) is 0 Å². The molecule has 1 heterocycles. The van der Waals surface area contributed by atoms with Gasteiger partial charge in [0, 0.05) is 4.88 Å². The molecule has 0 radical (unpaired) electrons. The summed E-state index contributed by atoms with van der Waals surface area (Å²) in [7, 11) is 1.60. The van der Waals surface area contributed by atoms with Crippen molar-refractivity contribution < 1.29 is 14.3 Å². The summed E-state index contributed by atoms with van der Waals surface area (Å²) in [6, 6.07) is 9.38. The van der Waals surface area contributed by atoms with Crippen LogP contribution < -0.4 is 14.9 Å². The van der Waals surface area contributed by atoms with Crippen molar-refractivity contribution in [2.75, 3.05) is 13.7 Å². The van der Waals surface area contributed by atoms with E-state index in [2.05, 4.69) is 24.4 Å². The molecule has 1 amide bonds. The molecule has 1 aromatic heterocycles. The Morgan fingerprint density at radius 1 is 1.33 bits per heavy atom. The number of nitrogens with one attached hydrogen (secondary N) is 1. The maximum Gasteiger partial charge on any atom is 0.245 e. The monoisotopic (exact) mass is 346 g/mol. The predicted octanol–water partition coefficient (Wildman–Crippen LogP) is 3.48. The first-order chi connectivity index (χ1) is 11.6. The van der Waals surface area contributed by atoms with Crippen molar-refractivity contribution in [3.8, 4) is 11.5 Å². The number of benzene rings is 1. The van der Waals surface area contributed by atoms with Crippen molar-refractivity contribution in [1.82, 2.24) is 5.43 Å². The molecule has 0 saturated heterocycles. The third kappa shape index (κ3) is 5.70. The summed E-state index contributed by atoms with van der Waals surface area (Å²) in [6.07, 6.45) is 1.92. The summed E-state index contributed by atoms with van der Waals surface area (Å²) < 4.78 is 11.1. The number of carbonyl (C=O) groups excluding carboxylic acids is 1. The Bertz CT molecular complexity index is 682. The van der Waals surface area contributed by atoms with Gasteiger partial charge in [0.25, 0.3) is 0 Å². The molecule has 0 unspecified atom stereocenters. The second-order valence-electron chi connectivity index (χ2n) is 5.66. The molecule has 6 heteroatoms. The van der Waals surface area contributed by atoms with E-state index in [4.69, 9.17) is 9.47 Å². The Balaban J connectivity index is 1.92. The van der Waals surface area contributed by atoms with Crippen LogP contribution in [0.25, 0.3) is 0 Å². The molecular weight excluding hydrogens is 324 g/mol. The maximum absolute atomic E-state index is 11.8. The summed E-state index contributed by atoms with van der Waals surface area (Å²) in [5.74, 6) is 1.64. The first-order valence-electron chi connectivity index (χ1n) is 7.73. The molecule has 128 valence electrons. The van der Waals surface area contributed by atoms with Gasteiger partial charge in [-0.05, 0) is 41.1 Å². The molecule has 0 bridgehead atoms. The number of hydrogen-bond donors (Lipinski definition) is 1. The van der Waals surface area contributed by atoms with E-state index in [1.54, 1.807) is 24.7 Å². The van der Waals surface area contributed by atoms with Gasteiger partial charge in [-0.25, -0.2) is 5.43 Å². The summed E-state index contributed by atoms with van der Waals surface area (Å²) in [6.45, 7) is 4.81. The van der Waals surface area contributed by atoms with Crippen LogP contribution >= 0.6 is 11.3 Å². The van der Waals surface area contributed by atoms with Crippen LogP contribution in [-0.2, 0) is 11.2 Å². The van der Waals surface area contributed by atoms with Gasteiger partial charge in [-0.15, -0.1) is 11.3 Å². The molecule has 2 aromatic rings. The van der Waals surface area contributed by atoms with E-state index in [1.807, 2.05) is 35.7 Å². The van der Waals surface area contributed by atoms with Gasteiger partial charge >= 0.3 is 0 Å². The van der Waals surface area contributed by atoms with Crippen molar-refractivity contribution in [2.24, 2.45) is 11.0 Å². The van der Waals surface area contributed by atoms with Crippen LogP contribution in [0.15, 0.2) is 40.8 Å². The van der Waals surface area contributed by atoms with Crippen LogP contribution in [0, 0.1) is 5.92 Å². The third-order valence-corrected chi connectivity index (χ3v) is 3.95. The zero-order valence-electron chi connectivity index (χ0n) is 14.1. The highest BCUT2D eigenvalue weighted by Crippen LogP contribution is 2.27. The van der Waals surface area contributed by atoms with Gasteiger partial charge < -0.3 is 9.47 Å². The molecule has 0 atom stereocenters. The van der Waals surface area contributed by atoms with Crippen LogP contribution in [-0.4, -0.2) is 25.8 Å². The van der Waals surface area contributed by atoms with E-state index in [0.717, 1.165) is 10.4 Å². The van der Waals surface area contributed by atoms with Gasteiger partial charge in [-0.2, -0.15) is 5.10 Å². The minimum Gasteiger partial charge on any atom is -0.493 e. The molecule has 2 rings (SSSR count). The molecule has 5 nitrogen and oxygen atoms in total. The highest BCUT2D eigenvalue weighted by molar-refractivity contribution is 7.10. The second kappa shape index (κ2) is 9.08. The van der Waals surface area contributed by atoms with Gasteiger partial charge in [0.15, 0.2) is 11.5 Å². The van der Waals surface area contributed by atoms with E-state index >= 15 is 0 Å². The van der Waals surface area contributed by atoms with Gasteiger partial charge in [-0.1, -0.05) is 19.9 Å². The van der Waals surface area contributed by atoms with Crippen LogP contribution in [0.2, 0.25) is 0 Å². The SMILES string of the molecule is COc1cc(/C=N\NC(=O)Cc2cccs2)ccc1OCC(C)C.